The van der Waals surface area contributed by atoms with Crippen LogP contribution >= 0.6 is 0 Å². The molecule has 0 radical (unpaired) electrons. The molecule has 0 aromatic heterocycles. The topological polar surface area (TPSA) is 169 Å². The molecule has 12 atom stereocenters. The van der Waals surface area contributed by atoms with Gasteiger partial charge >= 0.3 is 17.9 Å². The lowest BCUT2D eigenvalue weighted by Crippen LogP contribution is -2.59. The van der Waals surface area contributed by atoms with Crippen molar-refractivity contribution in [3.8, 4) is 0 Å². The van der Waals surface area contributed by atoms with Crippen molar-refractivity contribution < 1.29 is 53.8 Å². The molecule has 0 amide bonds. The summed E-state index contributed by atoms with van der Waals surface area (Å²) in [4.78, 5) is 36.9. The first kappa shape index (κ1) is 43.1. The van der Waals surface area contributed by atoms with Crippen molar-refractivity contribution in [3.05, 3.63) is 59.3 Å². The highest BCUT2D eigenvalue weighted by molar-refractivity contribution is 5.90. The fourth-order valence-electron chi connectivity index (χ4n) is 7.02. The molecule has 0 aliphatic carbocycles. The van der Waals surface area contributed by atoms with Crippen LogP contribution in [0.3, 0.4) is 0 Å². The molecule has 11 nitrogen and oxygen atoms in total. The number of cyclic esters (lactones) is 1. The Morgan fingerprint density at radius 2 is 1.70 bits per heavy atom. The SMILES string of the molecule is CO[C@H]1/C=C/C=C(/C)C[C@H](C)[C@H](O)[C@H](C)/C=C(C)/C=C(\C)C(=O)O[C@@H]1[C@@H](C)[C@@H](O)[C@H](C)[C@@]1(O)C[C@@H](OC(=O)/C=C/C(=O)O)[C@H](C)[C@@H](C(C)C)O1. The highest BCUT2D eigenvalue weighted by Crippen LogP contribution is 2.42. The van der Waals surface area contributed by atoms with Gasteiger partial charge in [0.25, 0.3) is 0 Å². The maximum Gasteiger partial charge on any atom is 0.334 e. The van der Waals surface area contributed by atoms with E-state index in [4.69, 9.17) is 24.1 Å². The van der Waals surface area contributed by atoms with Gasteiger partial charge < -0.3 is 39.4 Å². The summed E-state index contributed by atoms with van der Waals surface area (Å²) in [5.41, 5.74) is 2.14. The minimum atomic E-state index is -1.97. The number of allylic oxidation sites excluding steroid dienone is 5. The smallest absolute Gasteiger partial charge is 0.334 e. The summed E-state index contributed by atoms with van der Waals surface area (Å²) in [5.74, 6) is -7.15. The Bertz CT molecular complexity index is 1330. The van der Waals surface area contributed by atoms with Crippen LogP contribution in [-0.4, -0.2) is 87.9 Å². The van der Waals surface area contributed by atoms with Gasteiger partial charge in [-0.1, -0.05) is 83.9 Å². The Morgan fingerprint density at radius 3 is 2.28 bits per heavy atom. The molecule has 0 aromatic rings. The van der Waals surface area contributed by atoms with E-state index < -0.39 is 72.2 Å². The molecule has 11 heteroatoms. The molecular formula is C39H60O11. The van der Waals surface area contributed by atoms with Crippen LogP contribution in [0.15, 0.2) is 59.3 Å². The second-order valence-electron chi connectivity index (χ2n) is 14.8. The van der Waals surface area contributed by atoms with E-state index in [0.717, 1.165) is 17.2 Å². The number of hydrogen-bond acceptors (Lipinski definition) is 10. The number of carbonyl (C=O) groups is 3. The first-order chi connectivity index (χ1) is 23.2. The van der Waals surface area contributed by atoms with Gasteiger partial charge in [0.2, 0.25) is 0 Å². The number of methoxy groups -OCH3 is 1. The Balaban J connectivity index is 2.51. The van der Waals surface area contributed by atoms with E-state index in [1.807, 2.05) is 60.6 Å². The number of carboxylic acid groups (broad SMARTS) is 1. The van der Waals surface area contributed by atoms with Gasteiger partial charge in [-0.15, -0.1) is 0 Å². The average molecular weight is 705 g/mol. The highest BCUT2D eigenvalue weighted by atomic mass is 16.6. The van der Waals surface area contributed by atoms with Crippen molar-refractivity contribution in [2.24, 2.45) is 35.5 Å². The van der Waals surface area contributed by atoms with Crippen LogP contribution in [0.5, 0.6) is 0 Å². The fraction of sp³-hybridized carbons (Fsp3) is 0.667. The van der Waals surface area contributed by atoms with Crippen molar-refractivity contribution in [1.29, 1.82) is 0 Å². The Hall–Kier alpha value is -3.09. The van der Waals surface area contributed by atoms with Gasteiger partial charge in [-0.25, -0.2) is 14.4 Å². The van der Waals surface area contributed by atoms with Gasteiger partial charge in [0.15, 0.2) is 5.79 Å². The standard InChI is InChI=1S/C39H60O11/c1-21(2)36-27(8)31(48-33(42)16-15-32(40)41)20-39(46,50-36)29(10)35(44)28(9)37-30(47-11)14-12-13-22(3)17-24(5)34(43)25(6)18-23(4)19-26(7)38(45)49-37/h12-16,18-19,21,24-25,27-31,34-37,43-44,46H,17,20H2,1-11H3,(H,40,41)/b14-12+,16-15+,22-13-,23-18+,26-19+/t24-,25+,27-,28-,29-,30-,31+,34-,35+,36+,37+,39+/m0/s1. The van der Waals surface area contributed by atoms with Crippen LogP contribution in [0.1, 0.15) is 82.1 Å². The van der Waals surface area contributed by atoms with E-state index in [1.165, 1.54) is 7.11 Å². The normalized spacial score (nSPS) is 37.7. The average Bonchev–Trinajstić information content (AvgIpc) is 3.04. The van der Waals surface area contributed by atoms with E-state index >= 15 is 0 Å². The number of carboxylic acids is 1. The maximum atomic E-state index is 13.5. The number of aliphatic carboxylic acids is 1. The van der Waals surface area contributed by atoms with Crippen LogP contribution in [0, 0.1) is 35.5 Å². The third-order valence-corrected chi connectivity index (χ3v) is 10.1. The van der Waals surface area contributed by atoms with Gasteiger partial charge in [-0.3, -0.25) is 0 Å². The monoisotopic (exact) mass is 704 g/mol. The molecule has 0 unspecified atom stereocenters. The van der Waals surface area contributed by atoms with Crippen LogP contribution in [0.25, 0.3) is 0 Å². The Morgan fingerprint density at radius 1 is 1.06 bits per heavy atom. The lowest BCUT2D eigenvalue weighted by molar-refractivity contribution is -0.329. The van der Waals surface area contributed by atoms with Crippen LogP contribution in [0.4, 0.5) is 0 Å². The quantitative estimate of drug-likeness (QED) is 0.182. The number of ether oxygens (including phenoxy) is 4. The van der Waals surface area contributed by atoms with Gasteiger partial charge in [-0.2, -0.15) is 0 Å². The second kappa shape index (κ2) is 18.9. The van der Waals surface area contributed by atoms with Crippen LogP contribution in [-0.2, 0) is 33.3 Å². The fourth-order valence-corrected chi connectivity index (χ4v) is 7.02. The zero-order chi connectivity index (χ0) is 38.1. The number of esters is 2. The molecule has 2 aliphatic heterocycles. The maximum absolute atomic E-state index is 13.5. The van der Waals surface area contributed by atoms with E-state index in [1.54, 1.807) is 39.0 Å². The van der Waals surface area contributed by atoms with E-state index in [0.29, 0.717) is 18.1 Å². The molecule has 2 heterocycles. The highest BCUT2D eigenvalue weighted by Gasteiger charge is 2.53. The van der Waals surface area contributed by atoms with Gasteiger partial charge in [0.05, 0.1) is 18.3 Å². The summed E-state index contributed by atoms with van der Waals surface area (Å²) >= 11 is 0. The minimum absolute atomic E-state index is 0.0142. The lowest BCUT2D eigenvalue weighted by Gasteiger charge is -2.50. The van der Waals surface area contributed by atoms with E-state index in [9.17, 15) is 29.7 Å². The molecular weight excluding hydrogens is 644 g/mol. The molecule has 0 bridgehead atoms. The van der Waals surface area contributed by atoms with Crippen LogP contribution in [0.2, 0.25) is 0 Å². The summed E-state index contributed by atoms with van der Waals surface area (Å²) in [7, 11) is 1.48. The molecule has 282 valence electrons. The van der Waals surface area contributed by atoms with Crippen molar-refractivity contribution in [2.75, 3.05) is 7.11 Å². The number of aliphatic hydroxyl groups is 3. The molecule has 4 N–H and O–H groups in total. The Labute approximate surface area is 297 Å². The largest absolute Gasteiger partial charge is 0.478 e. The van der Waals surface area contributed by atoms with E-state index in [-0.39, 0.29) is 30.1 Å². The van der Waals surface area contributed by atoms with E-state index in [2.05, 4.69) is 0 Å². The summed E-state index contributed by atoms with van der Waals surface area (Å²) in [6.07, 6.45) is 5.98. The molecule has 0 aromatic carbocycles. The Kier molecular flexibility index (Phi) is 16.3. The summed E-state index contributed by atoms with van der Waals surface area (Å²) in [6, 6.07) is 0. The van der Waals surface area contributed by atoms with Crippen molar-refractivity contribution >= 4 is 17.9 Å². The third kappa shape index (κ3) is 11.7. The molecule has 2 aliphatic rings. The summed E-state index contributed by atoms with van der Waals surface area (Å²) < 4.78 is 23.8. The summed E-state index contributed by atoms with van der Waals surface area (Å²) in [5, 5.41) is 43.7. The molecule has 2 rings (SSSR count). The zero-order valence-corrected chi connectivity index (χ0v) is 31.5. The lowest BCUT2D eigenvalue weighted by atomic mass is 9.76. The third-order valence-electron chi connectivity index (χ3n) is 10.1. The number of carbonyl (C=O) groups excluding carboxylic acids is 2. The first-order valence-electron chi connectivity index (χ1n) is 17.5. The predicted octanol–water partition coefficient (Wildman–Crippen LogP) is 5.30. The molecule has 1 saturated heterocycles. The summed E-state index contributed by atoms with van der Waals surface area (Å²) in [6.45, 7) is 18.4. The molecule has 0 saturated carbocycles. The first-order valence-corrected chi connectivity index (χ1v) is 17.5. The number of hydrogen-bond donors (Lipinski definition) is 4. The number of rotatable bonds is 9. The predicted molar refractivity (Wildman–Crippen MR) is 189 cm³/mol. The van der Waals surface area contributed by atoms with Gasteiger partial charge in [-0.05, 0) is 45.1 Å². The van der Waals surface area contributed by atoms with Gasteiger partial charge in [0, 0.05) is 54.9 Å². The molecule has 1 fully saturated rings. The number of aliphatic hydroxyl groups excluding tert-OH is 2. The minimum Gasteiger partial charge on any atom is -0.478 e. The van der Waals surface area contributed by atoms with Gasteiger partial charge in [0.1, 0.15) is 18.3 Å². The molecule has 0 spiro atoms. The molecule has 50 heavy (non-hydrogen) atoms. The van der Waals surface area contributed by atoms with Crippen molar-refractivity contribution in [3.63, 3.8) is 0 Å². The second-order valence-corrected chi connectivity index (χ2v) is 14.8. The van der Waals surface area contributed by atoms with Crippen molar-refractivity contribution in [2.45, 2.75) is 124 Å². The van der Waals surface area contributed by atoms with Crippen molar-refractivity contribution in [1.82, 2.24) is 0 Å². The zero-order valence-electron chi connectivity index (χ0n) is 31.5. The van der Waals surface area contributed by atoms with Crippen LogP contribution < -0.4 is 0 Å².